The van der Waals surface area contributed by atoms with Crippen molar-refractivity contribution in [2.45, 2.75) is 0 Å². The number of rotatable bonds is 5. The van der Waals surface area contributed by atoms with Crippen molar-refractivity contribution >= 4 is 12.7 Å². The van der Waals surface area contributed by atoms with E-state index in [1.54, 1.807) is 37.4 Å². The Morgan fingerprint density at radius 3 is 2.47 bits per heavy atom. The summed E-state index contributed by atoms with van der Waals surface area (Å²) in [7, 11) is 2.35. The van der Waals surface area contributed by atoms with Gasteiger partial charge in [-0.3, -0.25) is 0 Å². The SMILES string of the molecule is C=C/C(Bc1ccc(O)cc1)=C\C=C(\O)NC. The maximum atomic E-state index is 9.24. The summed E-state index contributed by atoms with van der Waals surface area (Å²) in [6.45, 7) is 3.73. The molecule has 4 heteroatoms. The summed E-state index contributed by atoms with van der Waals surface area (Å²) in [5.41, 5.74) is 2.06. The van der Waals surface area contributed by atoms with Gasteiger partial charge in [-0.15, -0.1) is 0 Å². The molecule has 0 aliphatic carbocycles. The number of aromatic hydroxyl groups is 1. The van der Waals surface area contributed by atoms with E-state index >= 15 is 0 Å². The van der Waals surface area contributed by atoms with Gasteiger partial charge in [0.15, 0.2) is 13.2 Å². The average molecular weight is 229 g/mol. The Kier molecular flexibility index (Phi) is 4.94. The van der Waals surface area contributed by atoms with Gasteiger partial charge < -0.3 is 15.5 Å². The Bertz CT molecular complexity index is 435. The Morgan fingerprint density at radius 2 is 1.94 bits per heavy atom. The number of allylic oxidation sites excluding steroid dienone is 4. The van der Waals surface area contributed by atoms with E-state index in [0.717, 1.165) is 10.9 Å². The highest BCUT2D eigenvalue weighted by Gasteiger charge is 1.99. The second-order valence-corrected chi connectivity index (χ2v) is 3.59. The van der Waals surface area contributed by atoms with Crippen LogP contribution in [0.1, 0.15) is 0 Å². The molecular formula is C13H16BNO2. The molecule has 1 rings (SSSR count). The molecule has 0 radical (unpaired) electrons. The minimum Gasteiger partial charge on any atom is -0.508 e. The number of hydrogen-bond acceptors (Lipinski definition) is 3. The van der Waals surface area contributed by atoms with Crippen molar-refractivity contribution in [1.82, 2.24) is 5.32 Å². The lowest BCUT2D eigenvalue weighted by molar-refractivity contribution is 0.376. The quantitative estimate of drug-likeness (QED) is 0.403. The maximum absolute atomic E-state index is 9.24. The van der Waals surface area contributed by atoms with Crippen LogP contribution in [0.25, 0.3) is 0 Å². The van der Waals surface area contributed by atoms with Crippen molar-refractivity contribution in [3.05, 3.63) is 60.4 Å². The summed E-state index contributed by atoms with van der Waals surface area (Å²) in [5.74, 6) is 0.362. The molecule has 0 fully saturated rings. The van der Waals surface area contributed by atoms with Crippen LogP contribution in [0.3, 0.4) is 0 Å². The minimum atomic E-state index is 0.107. The van der Waals surface area contributed by atoms with Gasteiger partial charge in [0.2, 0.25) is 0 Å². The third kappa shape index (κ3) is 4.51. The van der Waals surface area contributed by atoms with Gasteiger partial charge in [-0.05, 0) is 18.2 Å². The van der Waals surface area contributed by atoms with Crippen LogP contribution in [0.5, 0.6) is 5.75 Å². The van der Waals surface area contributed by atoms with Crippen molar-refractivity contribution in [2.24, 2.45) is 0 Å². The zero-order chi connectivity index (χ0) is 12.7. The molecule has 0 saturated heterocycles. The Hall–Kier alpha value is -2.10. The second kappa shape index (κ2) is 6.48. The summed E-state index contributed by atoms with van der Waals surface area (Å²) in [5, 5.41) is 21.0. The lowest BCUT2D eigenvalue weighted by atomic mass is 9.63. The molecule has 1 aromatic carbocycles. The molecule has 3 nitrogen and oxygen atoms in total. The normalized spacial score (nSPS) is 12.1. The monoisotopic (exact) mass is 229 g/mol. The van der Waals surface area contributed by atoms with Crippen LogP contribution in [-0.2, 0) is 0 Å². The number of phenolic OH excluding ortho intramolecular Hbond substituents is 1. The topological polar surface area (TPSA) is 52.5 Å². The van der Waals surface area contributed by atoms with Crippen molar-refractivity contribution in [2.75, 3.05) is 7.05 Å². The number of phenols is 1. The molecule has 0 aromatic heterocycles. The molecule has 0 spiro atoms. The summed E-state index contributed by atoms with van der Waals surface area (Å²) in [6.07, 6.45) is 5.12. The fourth-order valence-corrected chi connectivity index (χ4v) is 1.32. The molecule has 0 bridgehead atoms. The van der Waals surface area contributed by atoms with Gasteiger partial charge >= 0.3 is 0 Å². The molecule has 0 unspecified atom stereocenters. The van der Waals surface area contributed by atoms with Crippen molar-refractivity contribution in [1.29, 1.82) is 0 Å². The van der Waals surface area contributed by atoms with Crippen LogP contribution in [0.15, 0.2) is 60.4 Å². The van der Waals surface area contributed by atoms with Crippen LogP contribution in [-0.4, -0.2) is 24.5 Å². The van der Waals surface area contributed by atoms with Crippen molar-refractivity contribution in [3.63, 3.8) is 0 Å². The van der Waals surface area contributed by atoms with Gasteiger partial charge in [0.1, 0.15) is 5.75 Å². The van der Waals surface area contributed by atoms with Crippen molar-refractivity contribution in [3.8, 4) is 5.75 Å². The summed E-state index contributed by atoms with van der Waals surface area (Å²) in [4.78, 5) is 0. The van der Waals surface area contributed by atoms with Crippen LogP contribution < -0.4 is 10.8 Å². The first kappa shape index (κ1) is 13.0. The lowest BCUT2D eigenvalue weighted by Gasteiger charge is -2.01. The fourth-order valence-electron chi connectivity index (χ4n) is 1.32. The predicted octanol–water partition coefficient (Wildman–Crippen LogP) is 1.14. The highest BCUT2D eigenvalue weighted by Crippen LogP contribution is 2.04. The summed E-state index contributed by atoms with van der Waals surface area (Å²) >= 11 is 0. The number of nitrogens with one attached hydrogen (secondary N) is 1. The van der Waals surface area contributed by atoms with Gasteiger partial charge in [-0.25, -0.2) is 0 Å². The van der Waals surface area contributed by atoms with Gasteiger partial charge in [0.25, 0.3) is 0 Å². The van der Waals surface area contributed by atoms with Gasteiger partial charge in [0, 0.05) is 7.05 Å². The molecule has 0 amide bonds. The van der Waals surface area contributed by atoms with Crippen LogP contribution in [0.2, 0.25) is 0 Å². The molecule has 1 aromatic rings. The minimum absolute atomic E-state index is 0.107. The van der Waals surface area contributed by atoms with E-state index in [1.807, 2.05) is 12.1 Å². The number of aliphatic hydroxyl groups is 1. The predicted molar refractivity (Wildman–Crippen MR) is 72.9 cm³/mol. The number of aliphatic hydroxyl groups excluding tert-OH is 1. The highest BCUT2D eigenvalue weighted by atomic mass is 16.3. The largest absolute Gasteiger partial charge is 0.508 e. The van der Waals surface area contributed by atoms with Crippen LogP contribution in [0.4, 0.5) is 0 Å². The van der Waals surface area contributed by atoms with E-state index in [1.165, 1.54) is 0 Å². The second-order valence-electron chi connectivity index (χ2n) is 3.59. The Morgan fingerprint density at radius 1 is 1.29 bits per heavy atom. The molecule has 0 aliphatic heterocycles. The van der Waals surface area contributed by atoms with E-state index in [-0.39, 0.29) is 11.6 Å². The van der Waals surface area contributed by atoms with E-state index in [9.17, 15) is 10.2 Å². The zero-order valence-electron chi connectivity index (χ0n) is 9.85. The standard InChI is InChI=1S/C13H16BNO2/c1-3-10(6-9-13(17)15-2)14-11-4-7-12(16)8-5-11/h3-9,14-17H,1H2,2H3/b10-6+,13-9+. The molecule has 3 N–H and O–H groups in total. The van der Waals surface area contributed by atoms with Gasteiger partial charge in [-0.2, -0.15) is 0 Å². The van der Waals surface area contributed by atoms with Gasteiger partial charge in [-0.1, -0.05) is 41.8 Å². The first-order chi connectivity index (χ1) is 8.15. The molecule has 88 valence electrons. The number of benzene rings is 1. The van der Waals surface area contributed by atoms with Crippen LogP contribution in [0, 0.1) is 0 Å². The molecule has 17 heavy (non-hydrogen) atoms. The van der Waals surface area contributed by atoms with E-state index in [0.29, 0.717) is 7.28 Å². The Balaban J connectivity index is 2.76. The first-order valence-electron chi connectivity index (χ1n) is 5.33. The van der Waals surface area contributed by atoms with Gasteiger partial charge in [0.05, 0.1) is 0 Å². The summed E-state index contributed by atoms with van der Waals surface area (Å²) in [6, 6.07) is 7.01. The average Bonchev–Trinajstić information content (AvgIpc) is 2.36. The van der Waals surface area contributed by atoms with Crippen molar-refractivity contribution < 1.29 is 10.2 Å². The lowest BCUT2D eigenvalue weighted by Crippen LogP contribution is -2.14. The maximum Gasteiger partial charge on any atom is 0.192 e. The van der Waals surface area contributed by atoms with E-state index in [4.69, 9.17) is 0 Å². The van der Waals surface area contributed by atoms with E-state index < -0.39 is 0 Å². The smallest absolute Gasteiger partial charge is 0.192 e. The molecule has 0 aliphatic rings. The molecule has 0 heterocycles. The van der Waals surface area contributed by atoms with E-state index in [2.05, 4.69) is 11.9 Å². The highest BCUT2D eigenvalue weighted by molar-refractivity contribution is 6.61. The van der Waals surface area contributed by atoms with Crippen LogP contribution >= 0.6 is 0 Å². The third-order valence-corrected chi connectivity index (χ3v) is 2.32. The third-order valence-electron chi connectivity index (χ3n) is 2.32. The Labute approximate surface area is 102 Å². The zero-order valence-corrected chi connectivity index (χ0v) is 9.85. The molecular weight excluding hydrogens is 213 g/mol. The molecule has 0 saturated carbocycles. The fraction of sp³-hybridized carbons (Fsp3) is 0.0769. The summed E-state index contributed by atoms with van der Waals surface area (Å²) < 4.78 is 0. The first-order valence-corrected chi connectivity index (χ1v) is 5.33. The number of hydrogen-bond donors (Lipinski definition) is 3. The molecule has 0 atom stereocenters.